The summed E-state index contributed by atoms with van der Waals surface area (Å²) in [5, 5.41) is 2.86. The number of nitrogens with one attached hydrogen (secondary N) is 1. The summed E-state index contributed by atoms with van der Waals surface area (Å²) in [6, 6.07) is 0. The molecule has 0 aromatic carbocycles. The van der Waals surface area contributed by atoms with Crippen LogP contribution in [-0.4, -0.2) is 37.0 Å². The van der Waals surface area contributed by atoms with E-state index in [0.717, 1.165) is 19.6 Å². The van der Waals surface area contributed by atoms with Crippen molar-refractivity contribution >= 4 is 5.91 Å². The van der Waals surface area contributed by atoms with Crippen LogP contribution in [0.5, 0.6) is 0 Å². The summed E-state index contributed by atoms with van der Waals surface area (Å²) in [7, 11) is 0. The van der Waals surface area contributed by atoms with E-state index in [0.29, 0.717) is 12.0 Å². The van der Waals surface area contributed by atoms with Crippen molar-refractivity contribution in [3.63, 3.8) is 0 Å². The highest BCUT2D eigenvalue weighted by Crippen LogP contribution is 2.47. The Morgan fingerprint density at radius 2 is 2.21 bits per heavy atom. The summed E-state index contributed by atoms with van der Waals surface area (Å²) in [6.07, 6.45) is 5.49. The summed E-state index contributed by atoms with van der Waals surface area (Å²) in [6.45, 7) is 5.60. The number of hydrogen-bond acceptors (Lipinski definition) is 2. The van der Waals surface area contributed by atoms with Crippen LogP contribution < -0.4 is 5.32 Å². The maximum Gasteiger partial charge on any atom is 0.234 e. The van der Waals surface area contributed by atoms with Crippen molar-refractivity contribution in [2.45, 2.75) is 32.6 Å². The first-order chi connectivity index (χ1) is 6.74. The van der Waals surface area contributed by atoms with Gasteiger partial charge < -0.3 is 5.32 Å². The zero-order valence-corrected chi connectivity index (χ0v) is 9.01. The van der Waals surface area contributed by atoms with E-state index in [9.17, 15) is 4.79 Å². The molecule has 1 saturated heterocycles. The fraction of sp³-hybridized carbons (Fsp3) is 0.909. The Labute approximate surface area is 85.8 Å². The lowest BCUT2D eigenvalue weighted by Crippen LogP contribution is -2.38. The molecule has 3 heteroatoms. The smallest absolute Gasteiger partial charge is 0.234 e. The molecule has 1 saturated carbocycles. The first-order valence-electron chi connectivity index (χ1n) is 5.73. The lowest BCUT2D eigenvalue weighted by atomic mass is 9.68. The minimum Gasteiger partial charge on any atom is -0.355 e. The monoisotopic (exact) mass is 196 g/mol. The van der Waals surface area contributed by atoms with E-state index in [-0.39, 0.29) is 5.91 Å². The topological polar surface area (TPSA) is 32.3 Å². The van der Waals surface area contributed by atoms with Crippen molar-refractivity contribution in [3.8, 4) is 0 Å². The van der Waals surface area contributed by atoms with Gasteiger partial charge in [-0.05, 0) is 38.1 Å². The van der Waals surface area contributed by atoms with Crippen LogP contribution in [-0.2, 0) is 4.79 Å². The van der Waals surface area contributed by atoms with Crippen LogP contribution in [0.25, 0.3) is 0 Å². The molecule has 0 bridgehead atoms. The van der Waals surface area contributed by atoms with Crippen LogP contribution in [0.2, 0.25) is 0 Å². The van der Waals surface area contributed by atoms with Gasteiger partial charge in [0.25, 0.3) is 0 Å². The molecular weight excluding hydrogens is 176 g/mol. The fourth-order valence-electron chi connectivity index (χ4n) is 2.70. The Bertz CT molecular complexity index is 223. The first-order valence-corrected chi connectivity index (χ1v) is 5.73. The van der Waals surface area contributed by atoms with Gasteiger partial charge in [-0.15, -0.1) is 0 Å². The maximum atomic E-state index is 11.4. The van der Waals surface area contributed by atoms with Gasteiger partial charge in [0.05, 0.1) is 6.54 Å². The van der Waals surface area contributed by atoms with Gasteiger partial charge in [0.2, 0.25) is 5.91 Å². The van der Waals surface area contributed by atoms with Crippen molar-refractivity contribution in [2.24, 2.45) is 5.41 Å². The van der Waals surface area contributed by atoms with Crippen LogP contribution in [0.3, 0.4) is 0 Å². The molecular formula is C11H20N2O. The minimum atomic E-state index is 0.184. The summed E-state index contributed by atoms with van der Waals surface area (Å²) >= 11 is 0. The molecule has 2 aliphatic rings. The molecule has 3 nitrogen and oxygen atoms in total. The van der Waals surface area contributed by atoms with Gasteiger partial charge in [-0.1, -0.05) is 6.42 Å². The molecule has 1 amide bonds. The summed E-state index contributed by atoms with van der Waals surface area (Å²) in [5.41, 5.74) is 0.618. The quantitative estimate of drug-likeness (QED) is 0.730. The summed E-state index contributed by atoms with van der Waals surface area (Å²) in [4.78, 5) is 13.7. The third kappa shape index (κ3) is 1.92. The second-order valence-corrected chi connectivity index (χ2v) is 4.77. The largest absolute Gasteiger partial charge is 0.355 e. The Hall–Kier alpha value is -0.570. The SMILES string of the molecule is CCNC(=O)CN1CCC2(CCC2)C1. The zero-order valence-electron chi connectivity index (χ0n) is 9.01. The predicted octanol–water partition coefficient (Wildman–Crippen LogP) is 0.998. The molecule has 1 N–H and O–H groups in total. The minimum absolute atomic E-state index is 0.184. The van der Waals surface area contributed by atoms with Crippen molar-refractivity contribution in [1.82, 2.24) is 10.2 Å². The molecule has 0 aromatic heterocycles. The van der Waals surface area contributed by atoms with Crippen LogP contribution in [0.15, 0.2) is 0 Å². The van der Waals surface area contributed by atoms with Gasteiger partial charge >= 0.3 is 0 Å². The van der Waals surface area contributed by atoms with Crippen LogP contribution in [0.1, 0.15) is 32.6 Å². The van der Waals surface area contributed by atoms with E-state index in [1.54, 1.807) is 0 Å². The second kappa shape index (κ2) is 3.89. The Kier molecular flexibility index (Phi) is 2.77. The molecule has 0 aromatic rings. The average Bonchev–Trinajstić information content (AvgIpc) is 2.48. The number of hydrogen-bond donors (Lipinski definition) is 1. The Morgan fingerprint density at radius 3 is 2.71 bits per heavy atom. The van der Waals surface area contributed by atoms with E-state index in [1.165, 1.54) is 25.7 Å². The molecule has 0 radical (unpaired) electrons. The normalized spacial score (nSPS) is 24.9. The first kappa shape index (κ1) is 9.97. The molecule has 14 heavy (non-hydrogen) atoms. The van der Waals surface area contributed by atoms with Gasteiger partial charge in [-0.25, -0.2) is 0 Å². The maximum absolute atomic E-state index is 11.4. The van der Waals surface area contributed by atoms with Gasteiger partial charge in [0.15, 0.2) is 0 Å². The number of likely N-dealkylation sites (tertiary alicyclic amines) is 1. The molecule has 0 unspecified atom stereocenters. The molecule has 1 aliphatic heterocycles. The van der Waals surface area contributed by atoms with Crippen LogP contribution >= 0.6 is 0 Å². The number of carbonyl (C=O) groups excluding carboxylic acids is 1. The third-order valence-electron chi connectivity index (χ3n) is 3.67. The van der Waals surface area contributed by atoms with Crippen LogP contribution in [0.4, 0.5) is 0 Å². The van der Waals surface area contributed by atoms with E-state index >= 15 is 0 Å². The standard InChI is InChI=1S/C11H20N2O/c1-2-12-10(14)8-13-7-6-11(9-13)4-3-5-11/h2-9H2,1H3,(H,12,14). The molecule has 1 aliphatic carbocycles. The highest BCUT2D eigenvalue weighted by atomic mass is 16.2. The Morgan fingerprint density at radius 1 is 1.43 bits per heavy atom. The molecule has 2 rings (SSSR count). The number of amides is 1. The number of likely N-dealkylation sites (N-methyl/N-ethyl adjacent to an activating group) is 1. The summed E-state index contributed by atoms with van der Waals surface area (Å²) < 4.78 is 0. The van der Waals surface area contributed by atoms with Crippen molar-refractivity contribution in [2.75, 3.05) is 26.2 Å². The van der Waals surface area contributed by atoms with Gasteiger partial charge in [-0.3, -0.25) is 9.69 Å². The average molecular weight is 196 g/mol. The van der Waals surface area contributed by atoms with Crippen molar-refractivity contribution in [1.29, 1.82) is 0 Å². The molecule has 1 spiro atoms. The van der Waals surface area contributed by atoms with Gasteiger partial charge in [-0.2, -0.15) is 0 Å². The second-order valence-electron chi connectivity index (χ2n) is 4.77. The fourth-order valence-corrected chi connectivity index (χ4v) is 2.70. The highest BCUT2D eigenvalue weighted by Gasteiger charge is 2.42. The van der Waals surface area contributed by atoms with E-state index in [1.807, 2.05) is 6.92 Å². The molecule has 0 atom stereocenters. The molecule has 1 heterocycles. The summed E-state index contributed by atoms with van der Waals surface area (Å²) in [5.74, 6) is 0.184. The molecule has 80 valence electrons. The predicted molar refractivity (Wildman–Crippen MR) is 56.0 cm³/mol. The lowest BCUT2D eigenvalue weighted by Gasteiger charge is -2.38. The lowest BCUT2D eigenvalue weighted by molar-refractivity contribution is -0.122. The van der Waals surface area contributed by atoms with Crippen LogP contribution in [0, 0.1) is 5.41 Å². The highest BCUT2D eigenvalue weighted by molar-refractivity contribution is 5.77. The third-order valence-corrected chi connectivity index (χ3v) is 3.67. The number of nitrogens with zero attached hydrogens (tertiary/aromatic N) is 1. The van der Waals surface area contributed by atoms with Gasteiger partial charge in [0, 0.05) is 13.1 Å². The Balaban J connectivity index is 1.75. The van der Waals surface area contributed by atoms with E-state index < -0.39 is 0 Å². The number of carbonyl (C=O) groups is 1. The molecule has 2 fully saturated rings. The van der Waals surface area contributed by atoms with Crippen molar-refractivity contribution < 1.29 is 4.79 Å². The number of rotatable bonds is 3. The van der Waals surface area contributed by atoms with E-state index in [2.05, 4.69) is 10.2 Å². The van der Waals surface area contributed by atoms with Gasteiger partial charge in [0.1, 0.15) is 0 Å². The van der Waals surface area contributed by atoms with Crippen molar-refractivity contribution in [3.05, 3.63) is 0 Å². The van der Waals surface area contributed by atoms with E-state index in [4.69, 9.17) is 0 Å². The zero-order chi connectivity index (χ0) is 10.0.